The Hall–Kier alpha value is -1.77. The fraction of sp³-hybridized carbons (Fsp3) is 0.467. The third-order valence-corrected chi connectivity index (χ3v) is 3.55. The van der Waals surface area contributed by atoms with Gasteiger partial charge in [-0.1, -0.05) is 11.6 Å². The zero-order chi connectivity index (χ0) is 15.4. The molecule has 1 aromatic carbocycles. The lowest BCUT2D eigenvalue weighted by Gasteiger charge is -2.37. The number of nitrogens with zero attached hydrogens (tertiary/aromatic N) is 2. The van der Waals surface area contributed by atoms with Crippen LogP contribution in [0.4, 0.5) is 5.69 Å². The molecule has 1 heterocycles. The van der Waals surface area contributed by atoms with Gasteiger partial charge in [-0.15, -0.1) is 0 Å². The molecular weight excluding hydrogens is 290 g/mol. The van der Waals surface area contributed by atoms with E-state index < -0.39 is 6.04 Å². The fourth-order valence-electron chi connectivity index (χ4n) is 2.30. The lowest BCUT2D eigenvalue weighted by Crippen LogP contribution is -2.55. The molecular formula is C15H18ClN3O2. The van der Waals surface area contributed by atoms with Crippen LogP contribution in [0, 0.1) is 11.3 Å². The van der Waals surface area contributed by atoms with Gasteiger partial charge in [-0.2, -0.15) is 5.26 Å². The first-order chi connectivity index (χ1) is 10.0. The van der Waals surface area contributed by atoms with E-state index in [1.54, 1.807) is 18.2 Å². The number of rotatable bonds is 3. The first-order valence-corrected chi connectivity index (χ1v) is 7.25. The van der Waals surface area contributed by atoms with Crippen molar-refractivity contribution in [3.63, 3.8) is 0 Å². The minimum absolute atomic E-state index is 0.0673. The molecule has 5 nitrogen and oxygen atoms in total. The van der Waals surface area contributed by atoms with Crippen LogP contribution >= 0.6 is 11.6 Å². The van der Waals surface area contributed by atoms with Gasteiger partial charge in [0.05, 0.1) is 35.6 Å². The van der Waals surface area contributed by atoms with Gasteiger partial charge in [-0.05, 0) is 32.0 Å². The van der Waals surface area contributed by atoms with Crippen LogP contribution in [-0.2, 0) is 9.53 Å². The van der Waals surface area contributed by atoms with E-state index in [1.165, 1.54) is 0 Å². The molecule has 1 saturated heterocycles. The van der Waals surface area contributed by atoms with Gasteiger partial charge in [-0.3, -0.25) is 4.79 Å². The number of anilines is 1. The summed E-state index contributed by atoms with van der Waals surface area (Å²) >= 11 is 6.25. The van der Waals surface area contributed by atoms with Gasteiger partial charge < -0.3 is 15.0 Å². The van der Waals surface area contributed by atoms with Gasteiger partial charge >= 0.3 is 0 Å². The Balaban J connectivity index is 2.26. The monoisotopic (exact) mass is 307 g/mol. The van der Waals surface area contributed by atoms with Crippen molar-refractivity contribution in [2.75, 3.05) is 24.7 Å². The van der Waals surface area contributed by atoms with E-state index >= 15 is 0 Å². The molecule has 1 aliphatic rings. The molecule has 0 aliphatic carbocycles. The summed E-state index contributed by atoms with van der Waals surface area (Å²) < 4.78 is 5.42. The van der Waals surface area contributed by atoms with E-state index in [0.29, 0.717) is 30.3 Å². The summed E-state index contributed by atoms with van der Waals surface area (Å²) in [6, 6.07) is 6.80. The van der Waals surface area contributed by atoms with Gasteiger partial charge in [0, 0.05) is 12.6 Å². The molecule has 1 amide bonds. The van der Waals surface area contributed by atoms with Crippen LogP contribution in [-0.4, -0.2) is 37.7 Å². The molecule has 6 heteroatoms. The number of nitriles is 1. The van der Waals surface area contributed by atoms with Gasteiger partial charge in [0.25, 0.3) is 0 Å². The van der Waals surface area contributed by atoms with Crippen molar-refractivity contribution in [1.82, 2.24) is 5.32 Å². The van der Waals surface area contributed by atoms with Gasteiger partial charge in [0.15, 0.2) is 0 Å². The molecule has 0 saturated carbocycles. The summed E-state index contributed by atoms with van der Waals surface area (Å²) in [6.07, 6.45) is 0. The molecule has 2 rings (SSSR count). The zero-order valence-corrected chi connectivity index (χ0v) is 12.9. The number of hydrogen-bond donors (Lipinski definition) is 1. The van der Waals surface area contributed by atoms with Crippen LogP contribution in [0.25, 0.3) is 0 Å². The van der Waals surface area contributed by atoms with Crippen LogP contribution in [0.15, 0.2) is 18.2 Å². The summed E-state index contributed by atoms with van der Waals surface area (Å²) in [6.45, 7) is 5.29. The maximum atomic E-state index is 12.3. The van der Waals surface area contributed by atoms with Crippen LogP contribution < -0.4 is 10.2 Å². The number of halogens is 1. The Labute approximate surface area is 129 Å². The van der Waals surface area contributed by atoms with Crippen molar-refractivity contribution in [2.45, 2.75) is 25.9 Å². The molecule has 0 radical (unpaired) electrons. The second-order valence-electron chi connectivity index (χ2n) is 5.23. The highest BCUT2D eigenvalue weighted by Crippen LogP contribution is 2.29. The van der Waals surface area contributed by atoms with Crippen LogP contribution in [0.1, 0.15) is 19.4 Å². The summed E-state index contributed by atoms with van der Waals surface area (Å²) in [5.74, 6) is -0.0786. The zero-order valence-electron chi connectivity index (χ0n) is 12.1. The number of benzene rings is 1. The van der Waals surface area contributed by atoms with Crippen LogP contribution in [0.5, 0.6) is 0 Å². The Bertz CT molecular complexity index is 569. The second kappa shape index (κ2) is 6.79. The highest BCUT2D eigenvalue weighted by atomic mass is 35.5. The minimum atomic E-state index is -0.411. The molecule has 112 valence electrons. The largest absolute Gasteiger partial charge is 0.377 e. The van der Waals surface area contributed by atoms with Crippen LogP contribution in [0.3, 0.4) is 0 Å². The smallest absolute Gasteiger partial charge is 0.245 e. The quantitative estimate of drug-likeness (QED) is 0.927. The Morgan fingerprint density at radius 3 is 2.95 bits per heavy atom. The number of ether oxygens (including phenoxy) is 1. The first kappa shape index (κ1) is 15.6. The Kier molecular flexibility index (Phi) is 5.05. The first-order valence-electron chi connectivity index (χ1n) is 6.87. The maximum Gasteiger partial charge on any atom is 0.245 e. The standard InChI is InChI=1S/C15H18ClN3O2/c1-10(2)18-15(20)14-9-21-6-5-19(14)13-4-3-11(8-17)7-12(13)16/h3-4,7,10,14H,5-6,9H2,1-2H3,(H,18,20). The summed E-state index contributed by atoms with van der Waals surface area (Å²) in [4.78, 5) is 14.2. The molecule has 0 bridgehead atoms. The molecule has 0 spiro atoms. The van der Waals surface area contributed by atoms with Gasteiger partial charge in [0.1, 0.15) is 6.04 Å². The van der Waals surface area contributed by atoms with E-state index in [-0.39, 0.29) is 11.9 Å². The van der Waals surface area contributed by atoms with Crippen molar-refractivity contribution in [3.05, 3.63) is 28.8 Å². The van der Waals surface area contributed by atoms with Crippen molar-refractivity contribution in [1.29, 1.82) is 5.26 Å². The van der Waals surface area contributed by atoms with E-state index in [2.05, 4.69) is 11.4 Å². The van der Waals surface area contributed by atoms with Crippen molar-refractivity contribution >= 4 is 23.2 Å². The number of nitrogens with one attached hydrogen (secondary N) is 1. The normalized spacial score (nSPS) is 18.4. The maximum absolute atomic E-state index is 12.3. The topological polar surface area (TPSA) is 65.4 Å². The number of carbonyl (C=O) groups is 1. The molecule has 1 fully saturated rings. The van der Waals surface area contributed by atoms with Gasteiger partial charge in [-0.25, -0.2) is 0 Å². The van der Waals surface area contributed by atoms with Crippen molar-refractivity contribution in [3.8, 4) is 6.07 Å². The lowest BCUT2D eigenvalue weighted by atomic mass is 10.1. The third kappa shape index (κ3) is 3.66. The predicted octanol–water partition coefficient (Wildman–Crippen LogP) is 1.94. The summed E-state index contributed by atoms with van der Waals surface area (Å²) in [7, 11) is 0. The molecule has 0 aromatic heterocycles. The van der Waals surface area contributed by atoms with Crippen molar-refractivity contribution in [2.24, 2.45) is 0 Å². The number of carbonyl (C=O) groups excluding carboxylic acids is 1. The summed E-state index contributed by atoms with van der Waals surface area (Å²) in [5.41, 5.74) is 1.25. The van der Waals surface area contributed by atoms with E-state index in [0.717, 1.165) is 5.69 Å². The molecule has 1 aliphatic heterocycles. The van der Waals surface area contributed by atoms with E-state index in [1.807, 2.05) is 18.7 Å². The minimum Gasteiger partial charge on any atom is -0.377 e. The molecule has 1 N–H and O–H groups in total. The average Bonchev–Trinajstić information content (AvgIpc) is 2.46. The second-order valence-corrected chi connectivity index (χ2v) is 5.63. The molecule has 21 heavy (non-hydrogen) atoms. The SMILES string of the molecule is CC(C)NC(=O)C1COCCN1c1ccc(C#N)cc1Cl. The Morgan fingerprint density at radius 1 is 1.57 bits per heavy atom. The molecule has 1 atom stereocenters. The van der Waals surface area contributed by atoms with Gasteiger partial charge in [0.2, 0.25) is 5.91 Å². The number of hydrogen-bond acceptors (Lipinski definition) is 4. The molecule has 1 aromatic rings. The highest BCUT2D eigenvalue weighted by molar-refractivity contribution is 6.33. The Morgan fingerprint density at radius 2 is 2.33 bits per heavy atom. The lowest BCUT2D eigenvalue weighted by molar-refractivity contribution is -0.125. The van der Waals surface area contributed by atoms with Crippen molar-refractivity contribution < 1.29 is 9.53 Å². The third-order valence-electron chi connectivity index (χ3n) is 3.25. The number of amides is 1. The predicted molar refractivity (Wildman–Crippen MR) is 81.4 cm³/mol. The van der Waals surface area contributed by atoms with Crippen LogP contribution in [0.2, 0.25) is 5.02 Å². The molecule has 1 unspecified atom stereocenters. The number of morpholine rings is 1. The summed E-state index contributed by atoms with van der Waals surface area (Å²) in [5, 5.41) is 12.3. The van der Waals surface area contributed by atoms with E-state index in [9.17, 15) is 4.79 Å². The fourth-order valence-corrected chi connectivity index (χ4v) is 2.59. The highest BCUT2D eigenvalue weighted by Gasteiger charge is 2.31. The average molecular weight is 308 g/mol. The van der Waals surface area contributed by atoms with E-state index in [4.69, 9.17) is 21.6 Å².